The van der Waals surface area contributed by atoms with E-state index in [1.54, 1.807) is 30.0 Å². The van der Waals surface area contributed by atoms with Crippen LogP contribution in [0.4, 0.5) is 11.4 Å². The number of piperazine rings is 1. The molecular weight excluding hydrogens is 498 g/mol. The zero-order valence-electron chi connectivity index (χ0n) is 21.2. The van der Waals surface area contributed by atoms with Gasteiger partial charge in [-0.05, 0) is 42.3 Å². The van der Waals surface area contributed by atoms with Gasteiger partial charge in [0.25, 0.3) is 0 Å². The molecule has 1 saturated heterocycles. The Kier molecular flexibility index (Phi) is 6.25. The molecule has 2 aliphatic carbocycles. The topological polar surface area (TPSA) is 72.9 Å². The number of rotatable bonds is 4. The number of allylic oxidation sites excluding steroid dienone is 6. The van der Waals surface area contributed by atoms with E-state index in [0.29, 0.717) is 34.3 Å². The lowest BCUT2D eigenvalue weighted by Gasteiger charge is -2.42. The molecular formula is C31H30ClN3O3. The second-order valence-electron chi connectivity index (χ2n) is 10.5. The van der Waals surface area contributed by atoms with Crippen LogP contribution in [0.5, 0.6) is 5.75 Å². The SMILES string of the molecule is CC1(c2ccc(O)cc2)C(=O)c2c(N3CCNCC3)cc(Cl)cc2N(CC2=CC3C=CC=CC3C=C2)C1=O. The van der Waals surface area contributed by atoms with E-state index in [9.17, 15) is 14.7 Å². The fourth-order valence-electron chi connectivity index (χ4n) is 5.94. The molecule has 6 rings (SSSR count). The Bertz CT molecular complexity index is 1420. The number of nitrogens with one attached hydrogen (secondary N) is 1. The number of hydrogen-bond donors (Lipinski definition) is 2. The van der Waals surface area contributed by atoms with Crippen molar-refractivity contribution in [3.63, 3.8) is 0 Å². The fraction of sp³-hybridized carbons (Fsp3) is 0.290. The molecule has 1 fully saturated rings. The van der Waals surface area contributed by atoms with Crippen molar-refractivity contribution in [2.45, 2.75) is 12.3 Å². The van der Waals surface area contributed by atoms with Crippen LogP contribution in [0.1, 0.15) is 22.8 Å². The number of anilines is 2. The monoisotopic (exact) mass is 527 g/mol. The lowest BCUT2D eigenvalue weighted by atomic mass is 9.71. The summed E-state index contributed by atoms with van der Waals surface area (Å²) in [6.45, 7) is 5.10. The Hall–Kier alpha value is -3.61. The van der Waals surface area contributed by atoms with Gasteiger partial charge in [-0.3, -0.25) is 9.59 Å². The number of carbonyl (C=O) groups is 2. The number of phenolic OH excluding ortho intramolecular Hbond substituents is 1. The summed E-state index contributed by atoms with van der Waals surface area (Å²) in [6.07, 6.45) is 14.9. The Balaban J connectivity index is 1.50. The molecule has 2 aromatic rings. The van der Waals surface area contributed by atoms with E-state index in [1.165, 1.54) is 12.1 Å². The highest BCUT2D eigenvalue weighted by Gasteiger charge is 2.52. The number of aromatic hydroxyl groups is 1. The van der Waals surface area contributed by atoms with Gasteiger partial charge in [-0.25, -0.2) is 0 Å². The third kappa shape index (κ3) is 4.08. The van der Waals surface area contributed by atoms with Gasteiger partial charge in [0.15, 0.2) is 5.78 Å². The lowest BCUT2D eigenvalue weighted by Crippen LogP contribution is -2.55. The molecule has 0 aromatic heterocycles. The molecule has 6 nitrogen and oxygen atoms in total. The van der Waals surface area contributed by atoms with Crippen LogP contribution < -0.4 is 15.1 Å². The molecule has 194 valence electrons. The first kappa shape index (κ1) is 24.7. The summed E-state index contributed by atoms with van der Waals surface area (Å²) in [7, 11) is 0. The minimum Gasteiger partial charge on any atom is -0.508 e. The molecule has 7 heteroatoms. The third-order valence-corrected chi connectivity index (χ3v) is 8.33. The van der Waals surface area contributed by atoms with Crippen LogP contribution in [0.2, 0.25) is 5.02 Å². The maximum absolute atomic E-state index is 14.4. The average Bonchev–Trinajstić information content (AvgIpc) is 2.94. The van der Waals surface area contributed by atoms with Crippen molar-refractivity contribution in [1.29, 1.82) is 0 Å². The van der Waals surface area contributed by atoms with Crippen LogP contribution in [0.25, 0.3) is 0 Å². The number of ketones is 1. The lowest BCUT2D eigenvalue weighted by molar-refractivity contribution is -0.122. The van der Waals surface area contributed by atoms with Crippen molar-refractivity contribution in [2.75, 3.05) is 42.5 Å². The van der Waals surface area contributed by atoms with Crippen molar-refractivity contribution in [3.05, 3.63) is 101 Å². The van der Waals surface area contributed by atoms with Gasteiger partial charge < -0.3 is 20.2 Å². The number of Topliss-reactive ketones (excluding diaryl/α,β-unsaturated/α-hetero) is 1. The predicted octanol–water partition coefficient (Wildman–Crippen LogP) is 4.80. The molecule has 0 radical (unpaired) electrons. The van der Waals surface area contributed by atoms with Crippen LogP contribution in [0.3, 0.4) is 0 Å². The highest BCUT2D eigenvalue weighted by Crippen LogP contribution is 2.46. The largest absolute Gasteiger partial charge is 0.508 e. The van der Waals surface area contributed by atoms with Gasteiger partial charge in [0.05, 0.1) is 23.5 Å². The van der Waals surface area contributed by atoms with Crippen LogP contribution in [-0.4, -0.2) is 49.5 Å². The van der Waals surface area contributed by atoms with Crippen molar-refractivity contribution < 1.29 is 14.7 Å². The van der Waals surface area contributed by atoms with Crippen molar-refractivity contribution in [3.8, 4) is 5.75 Å². The van der Waals surface area contributed by atoms with Crippen LogP contribution >= 0.6 is 11.6 Å². The molecule has 3 atom stereocenters. The summed E-state index contributed by atoms with van der Waals surface area (Å²) < 4.78 is 0. The Morgan fingerprint density at radius 3 is 2.42 bits per heavy atom. The summed E-state index contributed by atoms with van der Waals surface area (Å²) in [5.41, 5.74) is 1.94. The molecule has 2 aliphatic heterocycles. The van der Waals surface area contributed by atoms with Gasteiger partial charge in [-0.1, -0.05) is 66.3 Å². The normalized spacial score (nSPS) is 26.3. The quantitative estimate of drug-likeness (QED) is 0.559. The highest BCUT2D eigenvalue weighted by molar-refractivity contribution is 6.34. The van der Waals surface area contributed by atoms with E-state index >= 15 is 0 Å². The summed E-state index contributed by atoms with van der Waals surface area (Å²) in [6, 6.07) is 9.97. The minimum atomic E-state index is -1.45. The molecule has 1 amide bonds. The second-order valence-corrected chi connectivity index (χ2v) is 10.9. The number of halogens is 1. The maximum atomic E-state index is 14.4. The van der Waals surface area contributed by atoms with Gasteiger partial charge in [0, 0.05) is 43.0 Å². The maximum Gasteiger partial charge on any atom is 0.245 e. The third-order valence-electron chi connectivity index (χ3n) is 8.11. The Labute approximate surface area is 227 Å². The number of benzene rings is 2. The van der Waals surface area contributed by atoms with Gasteiger partial charge in [-0.2, -0.15) is 0 Å². The number of carbonyl (C=O) groups excluding carboxylic acids is 2. The van der Waals surface area contributed by atoms with Gasteiger partial charge in [0.2, 0.25) is 5.91 Å². The zero-order valence-corrected chi connectivity index (χ0v) is 22.0. The Morgan fingerprint density at radius 1 is 1.00 bits per heavy atom. The first-order valence-corrected chi connectivity index (χ1v) is 13.4. The summed E-state index contributed by atoms with van der Waals surface area (Å²) >= 11 is 6.64. The van der Waals surface area contributed by atoms with Crippen LogP contribution in [0.15, 0.2) is 84.5 Å². The van der Waals surface area contributed by atoms with Crippen LogP contribution in [0, 0.1) is 11.8 Å². The standard InChI is InChI=1S/C31H30ClN3O3/c1-31(23-8-10-25(36)11-9-23)29(37)28-26(34-14-12-33-13-15-34)17-24(32)18-27(28)35(30(31)38)19-20-6-7-21-4-2-3-5-22(21)16-20/h2-11,16-18,21-22,33,36H,12-15,19H2,1H3. The van der Waals surface area contributed by atoms with Crippen LogP contribution in [-0.2, 0) is 10.2 Å². The molecule has 0 bridgehead atoms. The van der Waals surface area contributed by atoms with Crippen molar-refractivity contribution in [1.82, 2.24) is 5.32 Å². The summed E-state index contributed by atoms with van der Waals surface area (Å²) in [5, 5.41) is 13.8. The summed E-state index contributed by atoms with van der Waals surface area (Å²) in [4.78, 5) is 32.7. The van der Waals surface area contributed by atoms with Gasteiger partial charge in [-0.15, -0.1) is 0 Å². The zero-order chi connectivity index (χ0) is 26.4. The number of phenols is 1. The second kappa shape index (κ2) is 9.61. The molecule has 2 heterocycles. The fourth-order valence-corrected chi connectivity index (χ4v) is 6.14. The first-order valence-electron chi connectivity index (χ1n) is 13.1. The number of fused-ring (bicyclic) bond motifs is 2. The molecule has 0 saturated carbocycles. The van der Waals surface area contributed by atoms with E-state index < -0.39 is 5.41 Å². The Morgan fingerprint density at radius 2 is 1.68 bits per heavy atom. The number of amides is 1. The molecule has 2 aromatic carbocycles. The molecule has 4 aliphatic rings. The van der Waals surface area contributed by atoms with Crippen molar-refractivity contribution >= 4 is 34.7 Å². The van der Waals surface area contributed by atoms with E-state index in [0.717, 1.165) is 37.4 Å². The summed E-state index contributed by atoms with van der Waals surface area (Å²) in [5.74, 6) is 0.0779. The average molecular weight is 528 g/mol. The van der Waals surface area contributed by atoms with Gasteiger partial charge >= 0.3 is 0 Å². The molecule has 2 N–H and O–H groups in total. The number of nitrogens with zero attached hydrogens (tertiary/aromatic N) is 2. The predicted molar refractivity (Wildman–Crippen MR) is 151 cm³/mol. The molecule has 0 spiro atoms. The van der Waals surface area contributed by atoms with Crippen molar-refractivity contribution in [2.24, 2.45) is 11.8 Å². The smallest absolute Gasteiger partial charge is 0.245 e. The van der Waals surface area contributed by atoms with E-state index in [2.05, 4.69) is 52.7 Å². The highest BCUT2D eigenvalue weighted by atomic mass is 35.5. The van der Waals surface area contributed by atoms with E-state index in [1.807, 2.05) is 6.07 Å². The molecule has 38 heavy (non-hydrogen) atoms. The first-order chi connectivity index (χ1) is 18.4. The minimum absolute atomic E-state index is 0.0836. The number of hydrogen-bond acceptors (Lipinski definition) is 5. The molecule has 3 unspecified atom stereocenters. The van der Waals surface area contributed by atoms with E-state index in [-0.39, 0.29) is 23.4 Å². The van der Waals surface area contributed by atoms with E-state index in [4.69, 9.17) is 11.6 Å². The van der Waals surface area contributed by atoms with Gasteiger partial charge in [0.1, 0.15) is 11.2 Å².